The molecule has 0 bridgehead atoms. The zero-order valence-corrected chi connectivity index (χ0v) is 9.41. The smallest absolute Gasteiger partial charge is 0.256 e. The van der Waals surface area contributed by atoms with Crippen molar-refractivity contribution in [3.63, 3.8) is 0 Å². The van der Waals surface area contributed by atoms with E-state index in [-0.39, 0.29) is 29.2 Å². The van der Waals surface area contributed by atoms with Crippen LogP contribution < -0.4 is 5.32 Å². The lowest BCUT2D eigenvalue weighted by Gasteiger charge is -2.14. The van der Waals surface area contributed by atoms with Crippen molar-refractivity contribution in [2.45, 2.75) is 20.0 Å². The molecular weight excluding hydrogens is 218 g/mol. The van der Waals surface area contributed by atoms with E-state index in [0.717, 1.165) is 0 Å². The Morgan fingerprint density at radius 2 is 2.33 bits per heavy atom. The van der Waals surface area contributed by atoms with Gasteiger partial charge in [-0.15, -0.1) is 0 Å². The van der Waals surface area contributed by atoms with E-state index in [9.17, 15) is 9.90 Å². The van der Waals surface area contributed by atoms with Crippen molar-refractivity contribution in [2.24, 2.45) is 5.92 Å². The minimum atomic E-state index is -0.556. The first-order chi connectivity index (χ1) is 7.02. The van der Waals surface area contributed by atoms with Crippen molar-refractivity contribution in [3.05, 3.63) is 23.1 Å². The van der Waals surface area contributed by atoms with Crippen LogP contribution in [0.4, 0.5) is 0 Å². The van der Waals surface area contributed by atoms with Crippen molar-refractivity contribution in [3.8, 4) is 0 Å². The van der Waals surface area contributed by atoms with Crippen LogP contribution in [0.2, 0.25) is 5.22 Å². The Kier molecular flexibility index (Phi) is 4.17. The summed E-state index contributed by atoms with van der Waals surface area (Å²) in [6.07, 6.45) is 0.787. The second-order valence-electron chi connectivity index (χ2n) is 3.63. The number of carbonyl (C=O) groups is 1. The van der Waals surface area contributed by atoms with Crippen LogP contribution in [0.3, 0.4) is 0 Å². The van der Waals surface area contributed by atoms with Crippen LogP contribution in [0.15, 0.2) is 16.7 Å². The van der Waals surface area contributed by atoms with E-state index in [0.29, 0.717) is 0 Å². The first-order valence-electron chi connectivity index (χ1n) is 4.71. The van der Waals surface area contributed by atoms with Gasteiger partial charge in [0.15, 0.2) is 0 Å². The number of aliphatic hydroxyl groups is 1. The van der Waals surface area contributed by atoms with Gasteiger partial charge in [0.25, 0.3) is 5.91 Å². The average molecular weight is 232 g/mol. The van der Waals surface area contributed by atoms with E-state index in [2.05, 4.69) is 5.32 Å². The number of hydrogen-bond acceptors (Lipinski definition) is 3. The zero-order valence-electron chi connectivity index (χ0n) is 8.66. The summed E-state index contributed by atoms with van der Waals surface area (Å²) >= 11 is 5.62. The van der Waals surface area contributed by atoms with Crippen LogP contribution in [-0.4, -0.2) is 23.7 Å². The number of aliphatic hydroxyl groups excluding tert-OH is 1. The van der Waals surface area contributed by atoms with E-state index in [1.54, 1.807) is 0 Å². The Morgan fingerprint density at radius 3 is 2.80 bits per heavy atom. The van der Waals surface area contributed by atoms with Gasteiger partial charge in [0.05, 0.1) is 17.9 Å². The fourth-order valence-corrected chi connectivity index (χ4v) is 1.18. The molecule has 1 atom stereocenters. The van der Waals surface area contributed by atoms with Gasteiger partial charge in [0, 0.05) is 6.54 Å². The minimum absolute atomic E-state index is 0.0616. The molecule has 1 aromatic rings. The Labute approximate surface area is 93.2 Å². The Morgan fingerprint density at radius 1 is 1.67 bits per heavy atom. The van der Waals surface area contributed by atoms with E-state index >= 15 is 0 Å². The number of furan rings is 1. The van der Waals surface area contributed by atoms with Gasteiger partial charge in [-0.25, -0.2) is 0 Å². The van der Waals surface area contributed by atoms with Crippen LogP contribution >= 0.6 is 11.6 Å². The minimum Gasteiger partial charge on any atom is -0.452 e. The van der Waals surface area contributed by atoms with Gasteiger partial charge in [-0.3, -0.25) is 4.79 Å². The first-order valence-corrected chi connectivity index (χ1v) is 5.09. The fraction of sp³-hybridized carbons (Fsp3) is 0.500. The maximum atomic E-state index is 11.5. The van der Waals surface area contributed by atoms with E-state index in [4.69, 9.17) is 16.0 Å². The van der Waals surface area contributed by atoms with E-state index in [1.165, 1.54) is 12.3 Å². The van der Waals surface area contributed by atoms with Gasteiger partial charge in [-0.2, -0.15) is 0 Å². The second-order valence-corrected chi connectivity index (χ2v) is 3.97. The molecule has 0 saturated carbocycles. The molecule has 84 valence electrons. The van der Waals surface area contributed by atoms with Crippen molar-refractivity contribution in [1.82, 2.24) is 5.32 Å². The molecule has 5 heteroatoms. The van der Waals surface area contributed by atoms with Crippen LogP contribution in [0.25, 0.3) is 0 Å². The predicted molar refractivity (Wildman–Crippen MR) is 56.9 cm³/mol. The monoisotopic (exact) mass is 231 g/mol. The summed E-state index contributed by atoms with van der Waals surface area (Å²) in [6.45, 7) is 3.96. The van der Waals surface area contributed by atoms with Gasteiger partial charge < -0.3 is 14.8 Å². The number of carbonyl (C=O) groups excluding carboxylic acids is 1. The molecular formula is C10H14ClNO3. The average Bonchev–Trinajstić information content (AvgIpc) is 2.60. The highest BCUT2D eigenvalue weighted by atomic mass is 35.5. The molecule has 1 rings (SSSR count). The molecule has 0 aliphatic heterocycles. The molecule has 0 spiro atoms. The molecule has 0 fully saturated rings. The summed E-state index contributed by atoms with van der Waals surface area (Å²) < 4.78 is 4.78. The fourth-order valence-electron chi connectivity index (χ4n) is 0.984. The Bertz CT molecular complexity index is 335. The van der Waals surface area contributed by atoms with Gasteiger partial charge in [-0.1, -0.05) is 13.8 Å². The molecule has 0 saturated heterocycles. The predicted octanol–water partition coefficient (Wildman–Crippen LogP) is 1.68. The lowest BCUT2D eigenvalue weighted by molar-refractivity contribution is 0.0871. The number of rotatable bonds is 4. The molecule has 2 N–H and O–H groups in total. The molecule has 0 radical (unpaired) electrons. The standard InChI is InChI=1S/C10H14ClNO3/c1-6(2)8(13)5-12-10(14)7-3-4-15-9(7)11/h3-4,6,8,13H,5H2,1-2H3,(H,12,14). The molecule has 1 unspecified atom stereocenters. The zero-order chi connectivity index (χ0) is 11.4. The summed E-state index contributed by atoms with van der Waals surface area (Å²) in [7, 11) is 0. The van der Waals surface area contributed by atoms with Gasteiger partial charge in [0.1, 0.15) is 0 Å². The summed E-state index contributed by atoms with van der Waals surface area (Å²) in [5.74, 6) is -0.237. The third-order valence-corrected chi connectivity index (χ3v) is 2.40. The Hall–Kier alpha value is -1.00. The van der Waals surface area contributed by atoms with E-state index < -0.39 is 6.10 Å². The largest absolute Gasteiger partial charge is 0.452 e. The molecule has 1 aromatic heterocycles. The van der Waals surface area contributed by atoms with Crippen LogP contribution in [0.5, 0.6) is 0 Å². The van der Waals surface area contributed by atoms with Gasteiger partial charge >= 0.3 is 0 Å². The second kappa shape index (κ2) is 5.19. The van der Waals surface area contributed by atoms with Gasteiger partial charge in [0.2, 0.25) is 5.22 Å². The molecule has 0 aliphatic carbocycles. The normalized spacial score (nSPS) is 12.9. The molecule has 1 heterocycles. The van der Waals surface area contributed by atoms with Crippen LogP contribution in [0, 0.1) is 5.92 Å². The maximum absolute atomic E-state index is 11.5. The third-order valence-electron chi connectivity index (χ3n) is 2.10. The van der Waals surface area contributed by atoms with E-state index in [1.807, 2.05) is 13.8 Å². The first kappa shape index (κ1) is 12.1. The molecule has 1 amide bonds. The highest BCUT2D eigenvalue weighted by Gasteiger charge is 2.15. The summed E-state index contributed by atoms with van der Waals surface area (Å²) in [4.78, 5) is 11.5. The number of halogens is 1. The van der Waals surface area contributed by atoms with Crippen LogP contribution in [-0.2, 0) is 0 Å². The molecule has 0 aromatic carbocycles. The van der Waals surface area contributed by atoms with Crippen molar-refractivity contribution < 1.29 is 14.3 Å². The Balaban J connectivity index is 2.47. The van der Waals surface area contributed by atoms with Crippen molar-refractivity contribution >= 4 is 17.5 Å². The number of amides is 1. The molecule has 4 nitrogen and oxygen atoms in total. The van der Waals surface area contributed by atoms with Crippen molar-refractivity contribution in [2.75, 3.05) is 6.54 Å². The number of nitrogens with one attached hydrogen (secondary N) is 1. The third kappa shape index (κ3) is 3.25. The molecule has 15 heavy (non-hydrogen) atoms. The van der Waals surface area contributed by atoms with Gasteiger partial charge in [-0.05, 0) is 23.6 Å². The highest BCUT2D eigenvalue weighted by molar-refractivity contribution is 6.32. The maximum Gasteiger partial charge on any atom is 0.256 e. The lowest BCUT2D eigenvalue weighted by atomic mass is 10.1. The van der Waals surface area contributed by atoms with Crippen LogP contribution in [0.1, 0.15) is 24.2 Å². The quantitative estimate of drug-likeness (QED) is 0.829. The summed E-state index contributed by atoms with van der Waals surface area (Å²) in [5.41, 5.74) is 0.285. The summed E-state index contributed by atoms with van der Waals surface area (Å²) in [6, 6.07) is 1.49. The number of hydrogen-bond donors (Lipinski definition) is 2. The highest BCUT2D eigenvalue weighted by Crippen LogP contribution is 2.16. The SMILES string of the molecule is CC(C)C(O)CNC(=O)c1ccoc1Cl. The van der Waals surface area contributed by atoms with Crippen molar-refractivity contribution in [1.29, 1.82) is 0 Å². The lowest BCUT2D eigenvalue weighted by Crippen LogP contribution is -2.34. The molecule has 0 aliphatic rings. The topological polar surface area (TPSA) is 62.5 Å². The summed E-state index contributed by atoms with van der Waals surface area (Å²) in [5, 5.41) is 12.1.